The second-order valence-corrected chi connectivity index (χ2v) is 3.44. The van der Waals surface area contributed by atoms with E-state index in [1.165, 1.54) is 11.7 Å². The molecule has 1 aromatic heterocycles. The Morgan fingerprint density at radius 3 is 2.76 bits per heavy atom. The lowest BCUT2D eigenvalue weighted by Gasteiger charge is -2.13. The minimum absolute atomic E-state index is 0.275. The molecule has 6 heteroatoms. The molecule has 0 fully saturated rings. The highest BCUT2D eigenvalue weighted by Crippen LogP contribution is 2.13. The van der Waals surface area contributed by atoms with Gasteiger partial charge in [-0.3, -0.25) is 9.48 Å². The van der Waals surface area contributed by atoms with Crippen molar-refractivity contribution < 1.29 is 14.3 Å². The Morgan fingerprint density at radius 1 is 1.53 bits per heavy atom. The van der Waals surface area contributed by atoms with Crippen molar-refractivity contribution in [3.8, 4) is 0 Å². The summed E-state index contributed by atoms with van der Waals surface area (Å²) in [7, 11) is 1.53. The van der Waals surface area contributed by atoms with Gasteiger partial charge in [-0.1, -0.05) is 6.92 Å². The summed E-state index contributed by atoms with van der Waals surface area (Å²) < 4.78 is 6.41. The van der Waals surface area contributed by atoms with Crippen molar-refractivity contribution in [2.24, 2.45) is 0 Å². The molecule has 1 N–H and O–H groups in total. The molecule has 0 saturated carbocycles. The lowest BCUT2D eigenvalue weighted by Crippen LogP contribution is -2.23. The van der Waals surface area contributed by atoms with Crippen LogP contribution < -0.4 is 5.32 Å². The predicted molar refractivity (Wildman–Crippen MR) is 61.6 cm³/mol. The number of aromatic nitrogens is 2. The summed E-state index contributed by atoms with van der Waals surface area (Å²) in [5.41, 5.74) is 0.287. The Hall–Kier alpha value is -1.85. The molecule has 0 aliphatic rings. The third kappa shape index (κ3) is 3.05. The Balaban J connectivity index is 2.86. The lowest BCUT2D eigenvalue weighted by molar-refractivity contribution is -0.147. The van der Waals surface area contributed by atoms with E-state index in [-0.39, 0.29) is 17.6 Å². The molecular formula is C11H17N3O3. The first-order valence-electron chi connectivity index (χ1n) is 5.57. The number of carbonyl (C=O) groups excluding carboxylic acids is 2. The molecule has 1 amide bonds. The largest absolute Gasteiger partial charge is 0.464 e. The molecule has 0 saturated heterocycles. The average molecular weight is 239 g/mol. The van der Waals surface area contributed by atoms with E-state index in [1.807, 2.05) is 6.92 Å². The fraction of sp³-hybridized carbons (Fsp3) is 0.545. The third-order valence-electron chi connectivity index (χ3n) is 2.33. The molecule has 17 heavy (non-hydrogen) atoms. The van der Waals surface area contributed by atoms with E-state index in [0.717, 1.165) is 0 Å². The zero-order valence-electron chi connectivity index (χ0n) is 10.3. The smallest absolute Gasteiger partial charge is 0.330 e. The predicted octanol–water partition coefficient (Wildman–Crippen LogP) is 0.757. The third-order valence-corrected chi connectivity index (χ3v) is 2.33. The van der Waals surface area contributed by atoms with Crippen LogP contribution in [0.4, 0.5) is 0 Å². The van der Waals surface area contributed by atoms with E-state index in [1.54, 1.807) is 19.2 Å². The minimum Gasteiger partial charge on any atom is -0.464 e. The molecule has 1 heterocycles. The van der Waals surface area contributed by atoms with Gasteiger partial charge in [0, 0.05) is 13.2 Å². The lowest BCUT2D eigenvalue weighted by atomic mass is 10.2. The zero-order chi connectivity index (χ0) is 12.8. The zero-order valence-corrected chi connectivity index (χ0v) is 10.3. The first-order chi connectivity index (χ1) is 8.13. The maximum Gasteiger partial charge on any atom is 0.330 e. The van der Waals surface area contributed by atoms with Gasteiger partial charge in [0.15, 0.2) is 0 Å². The Morgan fingerprint density at radius 2 is 2.24 bits per heavy atom. The number of hydrogen-bond donors (Lipinski definition) is 1. The first kappa shape index (κ1) is 13.2. The Labute approximate surface area is 99.9 Å². The maximum absolute atomic E-state index is 11.6. The summed E-state index contributed by atoms with van der Waals surface area (Å²) in [5, 5.41) is 6.53. The van der Waals surface area contributed by atoms with Gasteiger partial charge in [-0.15, -0.1) is 0 Å². The fourth-order valence-corrected chi connectivity index (χ4v) is 1.46. The molecule has 0 spiro atoms. The number of esters is 1. The number of hydrogen-bond acceptors (Lipinski definition) is 4. The molecule has 1 unspecified atom stereocenters. The van der Waals surface area contributed by atoms with E-state index in [2.05, 4.69) is 10.4 Å². The SMILES string of the molecule is CCOC(=O)C(CC)n1ccc(C(=O)NC)n1. The number of rotatable bonds is 5. The van der Waals surface area contributed by atoms with Gasteiger partial charge in [0.25, 0.3) is 5.91 Å². The van der Waals surface area contributed by atoms with E-state index < -0.39 is 6.04 Å². The van der Waals surface area contributed by atoms with Crippen molar-refractivity contribution in [3.63, 3.8) is 0 Å². The first-order valence-corrected chi connectivity index (χ1v) is 5.57. The molecule has 1 rings (SSSR count). The standard InChI is InChI=1S/C11H17N3O3/c1-4-9(11(16)17-5-2)14-7-6-8(13-14)10(15)12-3/h6-7,9H,4-5H2,1-3H3,(H,12,15). The fourth-order valence-electron chi connectivity index (χ4n) is 1.46. The monoisotopic (exact) mass is 239 g/mol. The van der Waals surface area contributed by atoms with Crippen molar-refractivity contribution >= 4 is 11.9 Å². The number of nitrogens with zero attached hydrogens (tertiary/aromatic N) is 2. The average Bonchev–Trinajstić information content (AvgIpc) is 2.79. The molecule has 6 nitrogen and oxygen atoms in total. The minimum atomic E-state index is -0.478. The Bertz CT molecular complexity index is 400. The van der Waals surface area contributed by atoms with Gasteiger partial charge in [-0.25, -0.2) is 4.79 Å². The molecule has 0 radical (unpaired) electrons. The summed E-state index contributed by atoms with van der Waals surface area (Å²) in [5.74, 6) is -0.607. The van der Waals surface area contributed by atoms with Crippen LogP contribution in [0.1, 0.15) is 36.8 Å². The second kappa shape index (κ2) is 6.03. The van der Waals surface area contributed by atoms with Crippen LogP contribution >= 0.6 is 0 Å². The quantitative estimate of drug-likeness (QED) is 0.770. The topological polar surface area (TPSA) is 73.2 Å². The van der Waals surface area contributed by atoms with Gasteiger partial charge in [-0.05, 0) is 19.4 Å². The van der Waals surface area contributed by atoms with Crippen LogP contribution in [0.2, 0.25) is 0 Å². The van der Waals surface area contributed by atoms with E-state index in [0.29, 0.717) is 13.0 Å². The van der Waals surface area contributed by atoms with Gasteiger partial charge in [0.2, 0.25) is 0 Å². The summed E-state index contributed by atoms with van der Waals surface area (Å²) in [6, 6.07) is 1.09. The van der Waals surface area contributed by atoms with Crippen LogP contribution in [0.25, 0.3) is 0 Å². The van der Waals surface area contributed by atoms with Crippen LogP contribution in [-0.2, 0) is 9.53 Å². The highest BCUT2D eigenvalue weighted by molar-refractivity contribution is 5.91. The molecule has 0 bridgehead atoms. The number of ether oxygens (including phenoxy) is 1. The van der Waals surface area contributed by atoms with Crippen molar-refractivity contribution in [2.75, 3.05) is 13.7 Å². The Kier molecular flexibility index (Phi) is 4.68. The van der Waals surface area contributed by atoms with Crippen LogP contribution in [-0.4, -0.2) is 35.3 Å². The van der Waals surface area contributed by atoms with Gasteiger partial charge in [0.05, 0.1) is 6.61 Å². The highest BCUT2D eigenvalue weighted by Gasteiger charge is 2.21. The van der Waals surface area contributed by atoms with E-state index in [9.17, 15) is 9.59 Å². The van der Waals surface area contributed by atoms with Gasteiger partial charge in [-0.2, -0.15) is 5.10 Å². The number of carbonyl (C=O) groups is 2. The molecule has 1 aromatic rings. The van der Waals surface area contributed by atoms with Gasteiger partial charge in [0.1, 0.15) is 11.7 Å². The highest BCUT2D eigenvalue weighted by atomic mass is 16.5. The van der Waals surface area contributed by atoms with Crippen molar-refractivity contribution in [1.82, 2.24) is 15.1 Å². The molecule has 0 aliphatic carbocycles. The van der Waals surface area contributed by atoms with Crippen molar-refractivity contribution in [2.45, 2.75) is 26.3 Å². The van der Waals surface area contributed by atoms with Crippen LogP contribution in [0.15, 0.2) is 12.3 Å². The van der Waals surface area contributed by atoms with Gasteiger partial charge >= 0.3 is 5.97 Å². The molecule has 0 aliphatic heterocycles. The van der Waals surface area contributed by atoms with Crippen LogP contribution in [0.3, 0.4) is 0 Å². The number of nitrogens with one attached hydrogen (secondary N) is 1. The maximum atomic E-state index is 11.6. The van der Waals surface area contributed by atoms with Crippen LogP contribution in [0.5, 0.6) is 0 Å². The summed E-state index contributed by atoms with van der Waals surface area (Å²) in [4.78, 5) is 23.0. The summed E-state index contributed by atoms with van der Waals surface area (Å²) in [6.45, 7) is 3.95. The number of amides is 1. The molecule has 94 valence electrons. The molecular weight excluding hydrogens is 222 g/mol. The van der Waals surface area contributed by atoms with Crippen molar-refractivity contribution in [3.05, 3.63) is 18.0 Å². The normalized spacial score (nSPS) is 11.9. The van der Waals surface area contributed by atoms with E-state index >= 15 is 0 Å². The summed E-state index contributed by atoms with van der Waals surface area (Å²) in [6.07, 6.45) is 2.17. The molecule has 0 aromatic carbocycles. The second-order valence-electron chi connectivity index (χ2n) is 3.44. The molecule has 1 atom stereocenters. The van der Waals surface area contributed by atoms with Crippen LogP contribution in [0, 0.1) is 0 Å². The summed E-state index contributed by atoms with van der Waals surface area (Å²) >= 11 is 0. The van der Waals surface area contributed by atoms with E-state index in [4.69, 9.17) is 4.74 Å². The van der Waals surface area contributed by atoms with Gasteiger partial charge < -0.3 is 10.1 Å². The van der Waals surface area contributed by atoms with Crippen molar-refractivity contribution in [1.29, 1.82) is 0 Å².